The van der Waals surface area contributed by atoms with Crippen molar-refractivity contribution in [1.82, 2.24) is 4.57 Å². The van der Waals surface area contributed by atoms with Crippen molar-refractivity contribution in [2.45, 2.75) is 12.9 Å². The first-order chi connectivity index (χ1) is 7.29. The van der Waals surface area contributed by atoms with Crippen molar-refractivity contribution in [3.8, 4) is 0 Å². The van der Waals surface area contributed by atoms with Crippen molar-refractivity contribution in [1.29, 1.82) is 0 Å². The van der Waals surface area contributed by atoms with Crippen LogP contribution in [0.25, 0.3) is 0 Å². The minimum atomic E-state index is -4.92. The summed E-state index contributed by atoms with van der Waals surface area (Å²) in [5, 5.41) is 8.50. The lowest BCUT2D eigenvalue weighted by atomic mass is 10.2. The Balaban J connectivity index is 3.37. The number of hydrogen-bond acceptors (Lipinski definition) is 2. The topological polar surface area (TPSA) is 51.5 Å². The van der Waals surface area contributed by atoms with E-state index < -0.39 is 36.0 Å². The zero-order valence-electron chi connectivity index (χ0n) is 8.01. The van der Waals surface area contributed by atoms with Crippen molar-refractivity contribution in [3.63, 3.8) is 0 Å². The van der Waals surface area contributed by atoms with Gasteiger partial charge in [0.2, 0.25) is 5.95 Å². The van der Waals surface area contributed by atoms with Crippen LogP contribution in [0.3, 0.4) is 0 Å². The lowest BCUT2D eigenvalue weighted by Gasteiger charge is -2.03. The molecule has 1 heterocycles. The van der Waals surface area contributed by atoms with Crippen LogP contribution in [0.5, 0.6) is 0 Å². The van der Waals surface area contributed by atoms with E-state index in [9.17, 15) is 22.4 Å². The van der Waals surface area contributed by atoms with Gasteiger partial charge in [0.1, 0.15) is 12.3 Å². The molecule has 0 atom stereocenters. The highest BCUT2D eigenvalue weighted by Gasteiger charge is 2.39. The molecule has 0 bridgehead atoms. The van der Waals surface area contributed by atoms with Gasteiger partial charge in [-0.05, 0) is 0 Å². The van der Waals surface area contributed by atoms with Gasteiger partial charge in [-0.15, -0.1) is 0 Å². The van der Waals surface area contributed by atoms with Crippen LogP contribution in [0.1, 0.15) is 15.9 Å². The predicted octanol–water partition coefficient (Wildman–Crippen LogP) is 1.95. The SMILES string of the molecule is COCn1cc(C(F)(F)F)c(C(=O)O)c1F. The number of halogens is 4. The van der Waals surface area contributed by atoms with E-state index in [-0.39, 0.29) is 0 Å². The molecule has 4 nitrogen and oxygen atoms in total. The summed E-state index contributed by atoms with van der Waals surface area (Å²) in [4.78, 5) is 10.5. The molecule has 0 aliphatic carbocycles. The molecule has 1 aromatic rings. The van der Waals surface area contributed by atoms with Crippen LogP contribution < -0.4 is 0 Å². The summed E-state index contributed by atoms with van der Waals surface area (Å²) in [7, 11) is 1.15. The quantitative estimate of drug-likeness (QED) is 0.823. The molecule has 0 saturated heterocycles. The first kappa shape index (κ1) is 12.5. The molecule has 16 heavy (non-hydrogen) atoms. The van der Waals surface area contributed by atoms with Crippen molar-refractivity contribution in [3.05, 3.63) is 23.3 Å². The number of hydrogen-bond donors (Lipinski definition) is 1. The van der Waals surface area contributed by atoms with E-state index in [1.54, 1.807) is 0 Å². The normalized spacial score (nSPS) is 11.8. The maximum atomic E-state index is 13.3. The molecule has 0 radical (unpaired) electrons. The highest BCUT2D eigenvalue weighted by molar-refractivity contribution is 5.89. The molecule has 1 aromatic heterocycles. The number of aromatic nitrogens is 1. The molecule has 8 heteroatoms. The van der Waals surface area contributed by atoms with E-state index >= 15 is 0 Å². The minimum Gasteiger partial charge on any atom is -0.478 e. The molecular weight excluding hydrogens is 234 g/mol. The number of rotatable bonds is 3. The third-order valence-electron chi connectivity index (χ3n) is 1.80. The second-order valence-electron chi connectivity index (χ2n) is 2.90. The molecule has 90 valence electrons. The average molecular weight is 241 g/mol. The number of alkyl halides is 3. The number of methoxy groups -OCH3 is 1. The molecule has 1 rings (SSSR count). The fourth-order valence-electron chi connectivity index (χ4n) is 1.18. The van der Waals surface area contributed by atoms with Gasteiger partial charge in [-0.2, -0.15) is 17.6 Å². The summed E-state index contributed by atoms with van der Waals surface area (Å²) in [6.07, 6.45) is -4.56. The van der Waals surface area contributed by atoms with E-state index in [0.717, 1.165) is 7.11 Å². The fourth-order valence-corrected chi connectivity index (χ4v) is 1.18. The van der Waals surface area contributed by atoms with Gasteiger partial charge in [-0.1, -0.05) is 0 Å². The van der Waals surface area contributed by atoms with Gasteiger partial charge < -0.3 is 9.84 Å². The molecule has 0 aromatic carbocycles. The van der Waals surface area contributed by atoms with E-state index in [1.807, 2.05) is 0 Å². The monoisotopic (exact) mass is 241 g/mol. The maximum absolute atomic E-state index is 13.3. The second kappa shape index (κ2) is 4.12. The third kappa shape index (κ3) is 2.16. The Hall–Kier alpha value is -1.57. The molecule has 0 spiro atoms. The number of carboxylic acids is 1. The molecule has 0 amide bonds. The summed E-state index contributed by atoms with van der Waals surface area (Å²) >= 11 is 0. The van der Waals surface area contributed by atoms with Gasteiger partial charge in [0.15, 0.2) is 0 Å². The first-order valence-electron chi connectivity index (χ1n) is 3.97. The van der Waals surface area contributed by atoms with Crippen molar-refractivity contribution >= 4 is 5.97 Å². The Kier molecular flexibility index (Phi) is 3.22. The predicted molar refractivity (Wildman–Crippen MR) is 43.4 cm³/mol. The fraction of sp³-hybridized carbons (Fsp3) is 0.375. The molecule has 0 fully saturated rings. The Bertz CT molecular complexity index is 410. The summed E-state index contributed by atoms with van der Waals surface area (Å²) in [5.41, 5.74) is -2.93. The summed E-state index contributed by atoms with van der Waals surface area (Å²) < 4.78 is 55.2. The number of aromatic carboxylic acids is 1. The standard InChI is InChI=1S/C8H7F4NO3/c1-16-3-13-2-4(8(10,11)12)5(6(13)9)7(14)15/h2H,3H2,1H3,(H,14,15). The first-order valence-corrected chi connectivity index (χ1v) is 3.97. The van der Waals surface area contributed by atoms with Gasteiger partial charge in [-0.25, -0.2) is 4.79 Å². The highest BCUT2D eigenvalue weighted by atomic mass is 19.4. The number of nitrogens with zero attached hydrogens (tertiary/aromatic N) is 1. The smallest absolute Gasteiger partial charge is 0.418 e. The van der Waals surface area contributed by atoms with Gasteiger partial charge in [0.05, 0.1) is 5.56 Å². The van der Waals surface area contributed by atoms with Gasteiger partial charge in [0, 0.05) is 13.3 Å². The number of carboxylic acid groups (broad SMARTS) is 1. The second-order valence-corrected chi connectivity index (χ2v) is 2.90. The Labute approximate surface area is 87.0 Å². The molecule has 0 saturated carbocycles. The van der Waals surface area contributed by atoms with Crippen LogP contribution >= 0.6 is 0 Å². The van der Waals surface area contributed by atoms with E-state index in [2.05, 4.69) is 4.74 Å². The lowest BCUT2D eigenvalue weighted by Crippen LogP contribution is -2.11. The van der Waals surface area contributed by atoms with Crippen LogP contribution in [0.4, 0.5) is 17.6 Å². The molecule has 1 N–H and O–H groups in total. The summed E-state index contributed by atoms with van der Waals surface area (Å²) in [6.45, 7) is -0.498. The van der Waals surface area contributed by atoms with Crippen molar-refractivity contribution in [2.24, 2.45) is 0 Å². The molecular formula is C8H7F4NO3. The Morgan fingerprint density at radius 2 is 2.12 bits per heavy atom. The van der Waals surface area contributed by atoms with E-state index in [0.29, 0.717) is 10.8 Å². The van der Waals surface area contributed by atoms with E-state index in [4.69, 9.17) is 5.11 Å². The molecule has 0 aliphatic rings. The average Bonchev–Trinajstić information content (AvgIpc) is 2.44. The van der Waals surface area contributed by atoms with Gasteiger partial charge in [0.25, 0.3) is 0 Å². The minimum absolute atomic E-state index is 0.363. The molecule has 0 unspecified atom stereocenters. The van der Waals surface area contributed by atoms with E-state index in [1.165, 1.54) is 0 Å². The third-order valence-corrected chi connectivity index (χ3v) is 1.80. The summed E-state index contributed by atoms with van der Waals surface area (Å²) in [5.74, 6) is -3.46. The lowest BCUT2D eigenvalue weighted by molar-refractivity contribution is -0.138. The van der Waals surface area contributed by atoms with Crippen molar-refractivity contribution in [2.75, 3.05) is 7.11 Å². The van der Waals surface area contributed by atoms with Crippen LogP contribution in [-0.4, -0.2) is 22.8 Å². The van der Waals surface area contributed by atoms with Crippen LogP contribution in [-0.2, 0) is 17.6 Å². The van der Waals surface area contributed by atoms with Gasteiger partial charge in [-0.3, -0.25) is 4.57 Å². The maximum Gasteiger partial charge on any atom is 0.418 e. The number of carbonyl (C=O) groups is 1. The zero-order chi connectivity index (χ0) is 12.5. The van der Waals surface area contributed by atoms with Crippen LogP contribution in [0, 0.1) is 5.95 Å². The zero-order valence-corrected chi connectivity index (χ0v) is 8.01. The number of ether oxygens (including phenoxy) is 1. The Morgan fingerprint density at radius 1 is 1.56 bits per heavy atom. The highest BCUT2D eigenvalue weighted by Crippen LogP contribution is 2.34. The Morgan fingerprint density at radius 3 is 2.44 bits per heavy atom. The largest absolute Gasteiger partial charge is 0.478 e. The summed E-state index contributed by atoms with van der Waals surface area (Å²) in [6, 6.07) is 0. The van der Waals surface area contributed by atoms with Crippen LogP contribution in [0.15, 0.2) is 6.20 Å². The van der Waals surface area contributed by atoms with Gasteiger partial charge >= 0.3 is 12.1 Å². The van der Waals surface area contributed by atoms with Crippen LogP contribution in [0.2, 0.25) is 0 Å². The van der Waals surface area contributed by atoms with Crippen molar-refractivity contribution < 1.29 is 32.2 Å². The molecule has 0 aliphatic heterocycles.